The van der Waals surface area contributed by atoms with E-state index in [-0.39, 0.29) is 12.3 Å². The highest BCUT2D eigenvalue weighted by atomic mass is 79.9. The molecule has 0 spiro atoms. The van der Waals surface area contributed by atoms with Crippen molar-refractivity contribution in [2.24, 2.45) is 0 Å². The Morgan fingerprint density at radius 2 is 2.21 bits per heavy atom. The number of para-hydroxylation sites is 1. The molecule has 0 atom stereocenters. The summed E-state index contributed by atoms with van der Waals surface area (Å²) in [6, 6.07) is 6.87. The molecule has 0 aliphatic heterocycles. The molecule has 0 saturated heterocycles. The first-order valence-corrected chi connectivity index (χ1v) is 6.57. The number of hydrogen-bond acceptors (Lipinski definition) is 2. The number of nitrogens with zero attached hydrogens (tertiary/aromatic N) is 1. The van der Waals surface area contributed by atoms with E-state index in [4.69, 9.17) is 4.74 Å². The number of aromatic nitrogens is 1. The van der Waals surface area contributed by atoms with E-state index in [1.807, 2.05) is 0 Å². The maximum atomic E-state index is 12.7. The van der Waals surface area contributed by atoms with Crippen molar-refractivity contribution in [2.75, 3.05) is 6.61 Å². The fraction of sp³-hybridized carbons (Fsp3) is 0.308. The number of carbonyl (C=O) groups excluding carboxylic acids is 1. The summed E-state index contributed by atoms with van der Waals surface area (Å²) < 4.78 is 32.3. The number of hydrogen-bond donors (Lipinski definition) is 0. The molecule has 102 valence electrons. The minimum Gasteiger partial charge on any atom is -0.461 e. The minimum atomic E-state index is -2.55. The first-order valence-electron chi connectivity index (χ1n) is 5.77. The number of esters is 1. The van der Waals surface area contributed by atoms with Gasteiger partial charge in [0.1, 0.15) is 5.69 Å². The van der Waals surface area contributed by atoms with Gasteiger partial charge in [0, 0.05) is 9.86 Å². The van der Waals surface area contributed by atoms with Crippen molar-refractivity contribution in [3.8, 4) is 0 Å². The summed E-state index contributed by atoms with van der Waals surface area (Å²) in [4.78, 5) is 11.8. The van der Waals surface area contributed by atoms with Crippen LogP contribution in [0.2, 0.25) is 0 Å². The van der Waals surface area contributed by atoms with E-state index >= 15 is 0 Å². The van der Waals surface area contributed by atoms with E-state index in [9.17, 15) is 13.6 Å². The third-order valence-corrected chi connectivity index (χ3v) is 3.32. The van der Waals surface area contributed by atoms with E-state index in [2.05, 4.69) is 15.9 Å². The second-order valence-electron chi connectivity index (χ2n) is 3.93. The summed E-state index contributed by atoms with van der Waals surface area (Å²) >= 11 is 3.32. The minimum absolute atomic E-state index is 0.143. The SMILES string of the molecule is CCOC(=O)c1cc2cccc(Br)c2n1CC(F)F. The summed E-state index contributed by atoms with van der Waals surface area (Å²) in [7, 11) is 0. The van der Waals surface area contributed by atoms with Crippen molar-refractivity contribution in [3.63, 3.8) is 0 Å². The zero-order valence-corrected chi connectivity index (χ0v) is 11.8. The monoisotopic (exact) mass is 331 g/mol. The van der Waals surface area contributed by atoms with Gasteiger partial charge in [0.15, 0.2) is 0 Å². The molecule has 0 aliphatic rings. The summed E-state index contributed by atoms with van der Waals surface area (Å²) in [5, 5.41) is 0.720. The molecule has 6 heteroatoms. The lowest BCUT2D eigenvalue weighted by molar-refractivity contribution is 0.0507. The van der Waals surface area contributed by atoms with Gasteiger partial charge < -0.3 is 9.30 Å². The van der Waals surface area contributed by atoms with Gasteiger partial charge in [-0.05, 0) is 35.0 Å². The maximum absolute atomic E-state index is 12.7. The van der Waals surface area contributed by atoms with Crippen LogP contribution in [0, 0.1) is 0 Å². The smallest absolute Gasteiger partial charge is 0.354 e. The zero-order chi connectivity index (χ0) is 14.0. The molecule has 0 fully saturated rings. The van der Waals surface area contributed by atoms with Crippen LogP contribution < -0.4 is 0 Å². The van der Waals surface area contributed by atoms with Gasteiger partial charge in [0.25, 0.3) is 6.43 Å². The van der Waals surface area contributed by atoms with Crippen LogP contribution in [-0.4, -0.2) is 23.6 Å². The number of fused-ring (bicyclic) bond motifs is 1. The van der Waals surface area contributed by atoms with Crippen molar-refractivity contribution in [1.82, 2.24) is 4.57 Å². The molecule has 1 heterocycles. The van der Waals surface area contributed by atoms with Gasteiger partial charge in [-0.25, -0.2) is 13.6 Å². The lowest BCUT2D eigenvalue weighted by atomic mass is 10.2. The van der Waals surface area contributed by atoms with Crippen molar-refractivity contribution in [3.05, 3.63) is 34.4 Å². The van der Waals surface area contributed by atoms with Crippen LogP contribution in [0.25, 0.3) is 10.9 Å². The highest BCUT2D eigenvalue weighted by Crippen LogP contribution is 2.28. The molecular formula is C13H12BrF2NO2. The average Bonchev–Trinajstić information content (AvgIpc) is 2.69. The molecule has 1 aromatic heterocycles. The molecule has 2 rings (SSSR count). The van der Waals surface area contributed by atoms with E-state index in [0.717, 1.165) is 5.39 Å². The van der Waals surface area contributed by atoms with Crippen LogP contribution in [-0.2, 0) is 11.3 Å². The summed E-state index contributed by atoms with van der Waals surface area (Å²) in [6.07, 6.45) is -2.55. The highest BCUT2D eigenvalue weighted by Gasteiger charge is 2.20. The Labute approximate surface area is 117 Å². The Kier molecular flexibility index (Phi) is 4.19. The number of carbonyl (C=O) groups is 1. The molecule has 0 saturated carbocycles. The lowest BCUT2D eigenvalue weighted by Gasteiger charge is -2.10. The number of benzene rings is 1. The van der Waals surface area contributed by atoms with Crippen LogP contribution in [0.15, 0.2) is 28.7 Å². The van der Waals surface area contributed by atoms with Crippen molar-refractivity contribution < 1.29 is 18.3 Å². The number of ether oxygens (including phenoxy) is 1. The molecule has 0 radical (unpaired) electrons. The number of rotatable bonds is 4. The summed E-state index contributed by atoms with van der Waals surface area (Å²) in [5.41, 5.74) is 0.718. The molecule has 0 N–H and O–H groups in total. The Morgan fingerprint density at radius 3 is 2.84 bits per heavy atom. The number of halogens is 3. The highest BCUT2D eigenvalue weighted by molar-refractivity contribution is 9.10. The molecular weight excluding hydrogens is 320 g/mol. The molecule has 3 nitrogen and oxygen atoms in total. The zero-order valence-electron chi connectivity index (χ0n) is 10.2. The Bertz CT molecular complexity index is 610. The predicted octanol–water partition coefficient (Wildman–Crippen LogP) is 3.85. The third-order valence-electron chi connectivity index (χ3n) is 2.68. The van der Waals surface area contributed by atoms with Crippen LogP contribution in [0.1, 0.15) is 17.4 Å². The molecule has 0 unspecified atom stereocenters. The predicted molar refractivity (Wildman–Crippen MR) is 71.6 cm³/mol. The summed E-state index contributed by atoms with van der Waals surface area (Å²) in [5.74, 6) is -0.591. The van der Waals surface area contributed by atoms with Gasteiger partial charge in [-0.3, -0.25) is 0 Å². The molecule has 19 heavy (non-hydrogen) atoms. The fourth-order valence-corrected chi connectivity index (χ4v) is 2.58. The molecule has 1 aromatic carbocycles. The second kappa shape index (κ2) is 5.69. The van der Waals surface area contributed by atoms with E-state index in [1.165, 1.54) is 4.57 Å². The van der Waals surface area contributed by atoms with Gasteiger partial charge in [0.05, 0.1) is 18.7 Å². The average molecular weight is 332 g/mol. The largest absolute Gasteiger partial charge is 0.461 e. The van der Waals surface area contributed by atoms with Crippen molar-refractivity contribution >= 4 is 32.8 Å². The Morgan fingerprint density at radius 1 is 1.47 bits per heavy atom. The van der Waals surface area contributed by atoms with Gasteiger partial charge in [-0.1, -0.05) is 12.1 Å². The quantitative estimate of drug-likeness (QED) is 0.797. The van der Waals surface area contributed by atoms with E-state index < -0.39 is 18.9 Å². The summed E-state index contributed by atoms with van der Waals surface area (Å²) in [6.45, 7) is 1.34. The Hall–Kier alpha value is -1.43. The molecule has 0 aliphatic carbocycles. The van der Waals surface area contributed by atoms with E-state index in [0.29, 0.717) is 9.99 Å². The fourth-order valence-electron chi connectivity index (χ4n) is 1.98. The van der Waals surface area contributed by atoms with Crippen LogP contribution in [0.4, 0.5) is 8.78 Å². The van der Waals surface area contributed by atoms with Crippen LogP contribution >= 0.6 is 15.9 Å². The molecule has 2 aromatic rings. The maximum Gasteiger partial charge on any atom is 0.354 e. The van der Waals surface area contributed by atoms with Crippen LogP contribution in [0.5, 0.6) is 0 Å². The van der Waals surface area contributed by atoms with Crippen molar-refractivity contribution in [1.29, 1.82) is 0 Å². The van der Waals surface area contributed by atoms with Gasteiger partial charge in [-0.15, -0.1) is 0 Å². The standard InChI is InChI=1S/C13H12BrF2NO2/c1-2-19-13(18)10-6-8-4-3-5-9(14)12(8)17(10)7-11(15)16/h3-6,11H,2,7H2,1H3. The third kappa shape index (κ3) is 2.78. The van der Waals surface area contributed by atoms with Crippen molar-refractivity contribution in [2.45, 2.75) is 19.9 Å². The van der Waals surface area contributed by atoms with Gasteiger partial charge in [0.2, 0.25) is 0 Å². The molecule has 0 amide bonds. The first-order chi connectivity index (χ1) is 9.04. The van der Waals surface area contributed by atoms with Gasteiger partial charge >= 0.3 is 5.97 Å². The normalized spacial score (nSPS) is 11.2. The Balaban J connectivity index is 2.62. The van der Waals surface area contributed by atoms with E-state index in [1.54, 1.807) is 31.2 Å². The first kappa shape index (κ1) is 14.0. The molecule has 0 bridgehead atoms. The van der Waals surface area contributed by atoms with Crippen LogP contribution in [0.3, 0.4) is 0 Å². The second-order valence-corrected chi connectivity index (χ2v) is 4.78. The lowest BCUT2D eigenvalue weighted by Crippen LogP contribution is -2.15. The van der Waals surface area contributed by atoms with Gasteiger partial charge in [-0.2, -0.15) is 0 Å². The topological polar surface area (TPSA) is 31.2 Å². The number of alkyl halides is 2.